The minimum Gasteiger partial charge on any atom is -0.491 e. The average Bonchev–Trinajstić information content (AvgIpc) is 2.97. The molecular formula is C23H28N2O5. The standard InChI is InChI=1S/C23H28N2O5/c1-5-24-19-9-8-17(22(27)29-6-2)12-20(19)25(23(24)28)13-18(26)14-30-21-10-7-15(3)11-16(21)4/h7-12,18,26H,5-6,13-14H2,1-4H3. The number of aryl methyl sites for hydroxylation is 3. The van der Waals surface area contributed by atoms with E-state index in [9.17, 15) is 14.7 Å². The lowest BCUT2D eigenvalue weighted by molar-refractivity contribution is 0.0526. The maximum absolute atomic E-state index is 12.9. The van der Waals surface area contributed by atoms with Crippen molar-refractivity contribution in [3.05, 3.63) is 63.6 Å². The van der Waals surface area contributed by atoms with Gasteiger partial charge in [-0.3, -0.25) is 9.13 Å². The Balaban J connectivity index is 1.86. The van der Waals surface area contributed by atoms with Crippen molar-refractivity contribution in [2.75, 3.05) is 13.2 Å². The van der Waals surface area contributed by atoms with E-state index < -0.39 is 12.1 Å². The SMILES string of the molecule is CCOC(=O)c1ccc2c(c1)n(CC(O)COc1ccc(C)cc1C)c(=O)n2CC. The van der Waals surface area contributed by atoms with E-state index in [4.69, 9.17) is 9.47 Å². The van der Waals surface area contributed by atoms with Crippen LogP contribution in [0.3, 0.4) is 0 Å². The highest BCUT2D eigenvalue weighted by atomic mass is 16.5. The van der Waals surface area contributed by atoms with Crippen molar-refractivity contribution in [1.29, 1.82) is 0 Å². The molecule has 1 N–H and O–H groups in total. The smallest absolute Gasteiger partial charge is 0.338 e. The number of benzene rings is 2. The van der Waals surface area contributed by atoms with Gasteiger partial charge in [-0.05, 0) is 57.5 Å². The quantitative estimate of drug-likeness (QED) is 0.575. The molecule has 7 heteroatoms. The number of aromatic nitrogens is 2. The molecule has 1 aromatic heterocycles. The first-order chi connectivity index (χ1) is 14.3. The summed E-state index contributed by atoms with van der Waals surface area (Å²) < 4.78 is 13.9. The largest absolute Gasteiger partial charge is 0.491 e. The second-order valence-corrected chi connectivity index (χ2v) is 7.30. The van der Waals surface area contributed by atoms with E-state index in [0.29, 0.717) is 28.9 Å². The number of nitrogens with zero attached hydrogens (tertiary/aromatic N) is 2. The Morgan fingerprint density at radius 1 is 1.07 bits per heavy atom. The van der Waals surface area contributed by atoms with Crippen LogP contribution in [0.25, 0.3) is 11.0 Å². The van der Waals surface area contributed by atoms with Crippen molar-refractivity contribution in [1.82, 2.24) is 9.13 Å². The second-order valence-electron chi connectivity index (χ2n) is 7.30. The van der Waals surface area contributed by atoms with Gasteiger partial charge in [-0.25, -0.2) is 9.59 Å². The highest BCUT2D eigenvalue weighted by Crippen LogP contribution is 2.20. The molecule has 7 nitrogen and oxygen atoms in total. The van der Waals surface area contributed by atoms with E-state index in [1.165, 1.54) is 4.57 Å². The predicted octanol–water partition coefficient (Wildman–Crippen LogP) is 3.06. The summed E-state index contributed by atoms with van der Waals surface area (Å²) in [5, 5.41) is 10.6. The number of aliphatic hydroxyl groups excluding tert-OH is 1. The highest BCUT2D eigenvalue weighted by Gasteiger charge is 2.18. The summed E-state index contributed by atoms with van der Waals surface area (Å²) in [6.45, 7) is 8.43. The molecule has 3 rings (SSSR count). The molecule has 3 aromatic rings. The summed E-state index contributed by atoms with van der Waals surface area (Å²) in [6, 6.07) is 10.9. The van der Waals surface area contributed by atoms with Crippen LogP contribution < -0.4 is 10.4 Å². The number of ether oxygens (including phenoxy) is 2. The first-order valence-corrected chi connectivity index (χ1v) is 10.1. The second kappa shape index (κ2) is 9.17. The van der Waals surface area contributed by atoms with Crippen LogP contribution in [-0.2, 0) is 17.8 Å². The van der Waals surface area contributed by atoms with Gasteiger partial charge in [-0.15, -0.1) is 0 Å². The third kappa shape index (κ3) is 4.41. The number of carbonyl (C=O) groups is 1. The van der Waals surface area contributed by atoms with E-state index in [2.05, 4.69) is 0 Å². The maximum atomic E-state index is 12.9. The third-order valence-corrected chi connectivity index (χ3v) is 5.00. The molecule has 0 bridgehead atoms. The first kappa shape index (κ1) is 21.6. The lowest BCUT2D eigenvalue weighted by Crippen LogP contribution is -2.31. The zero-order valence-electron chi connectivity index (χ0n) is 17.8. The molecule has 2 aromatic carbocycles. The van der Waals surface area contributed by atoms with Crippen molar-refractivity contribution < 1.29 is 19.4 Å². The number of hydrogen-bond acceptors (Lipinski definition) is 5. The molecule has 0 amide bonds. The minimum absolute atomic E-state index is 0.0483. The zero-order valence-corrected chi connectivity index (χ0v) is 17.8. The van der Waals surface area contributed by atoms with E-state index in [1.54, 1.807) is 29.7 Å². The summed E-state index contributed by atoms with van der Waals surface area (Å²) in [7, 11) is 0. The van der Waals surface area contributed by atoms with Crippen molar-refractivity contribution in [3.63, 3.8) is 0 Å². The molecule has 0 radical (unpaired) electrons. The number of rotatable bonds is 8. The molecule has 160 valence electrons. The lowest BCUT2D eigenvalue weighted by atomic mass is 10.1. The Hall–Kier alpha value is -3.06. The van der Waals surface area contributed by atoms with Crippen molar-refractivity contribution >= 4 is 17.0 Å². The van der Waals surface area contributed by atoms with E-state index in [-0.39, 0.29) is 25.4 Å². The van der Waals surface area contributed by atoms with Crippen molar-refractivity contribution in [2.45, 2.75) is 46.9 Å². The summed E-state index contributed by atoms with van der Waals surface area (Å²) in [5.74, 6) is 0.258. The molecule has 0 aliphatic rings. The minimum atomic E-state index is -0.898. The molecule has 30 heavy (non-hydrogen) atoms. The third-order valence-electron chi connectivity index (χ3n) is 5.00. The number of imidazole rings is 1. The highest BCUT2D eigenvalue weighted by molar-refractivity contribution is 5.93. The molecular weight excluding hydrogens is 384 g/mol. The number of aliphatic hydroxyl groups is 1. The fraction of sp³-hybridized carbons (Fsp3) is 0.391. The molecule has 0 aliphatic carbocycles. The molecule has 0 saturated heterocycles. The fourth-order valence-electron chi connectivity index (χ4n) is 3.55. The summed E-state index contributed by atoms with van der Waals surface area (Å²) >= 11 is 0. The Morgan fingerprint density at radius 3 is 2.50 bits per heavy atom. The van der Waals surface area contributed by atoms with Gasteiger partial charge in [0.25, 0.3) is 0 Å². The predicted molar refractivity (Wildman–Crippen MR) is 115 cm³/mol. The van der Waals surface area contributed by atoms with Crippen LogP contribution in [0, 0.1) is 13.8 Å². The summed E-state index contributed by atoms with van der Waals surface area (Å²) in [5.41, 5.74) is 3.54. The Morgan fingerprint density at radius 2 is 1.83 bits per heavy atom. The Labute approximate surface area is 175 Å². The zero-order chi connectivity index (χ0) is 21.8. The number of fused-ring (bicyclic) bond motifs is 1. The molecule has 1 unspecified atom stereocenters. The van der Waals surface area contributed by atoms with Crippen LogP contribution in [0.2, 0.25) is 0 Å². The van der Waals surface area contributed by atoms with Gasteiger partial charge in [0.05, 0.1) is 29.7 Å². The molecule has 0 aliphatic heterocycles. The normalized spacial score (nSPS) is 12.2. The van der Waals surface area contributed by atoms with Gasteiger partial charge >= 0.3 is 11.7 Å². The van der Waals surface area contributed by atoms with E-state index in [1.807, 2.05) is 39.0 Å². The van der Waals surface area contributed by atoms with Gasteiger partial charge in [-0.2, -0.15) is 0 Å². The molecule has 1 atom stereocenters. The van der Waals surface area contributed by atoms with Crippen molar-refractivity contribution in [2.24, 2.45) is 0 Å². The van der Waals surface area contributed by atoms with Crippen LogP contribution in [-0.4, -0.2) is 39.5 Å². The van der Waals surface area contributed by atoms with Gasteiger partial charge in [0, 0.05) is 6.54 Å². The van der Waals surface area contributed by atoms with Gasteiger partial charge in [0.2, 0.25) is 0 Å². The summed E-state index contributed by atoms with van der Waals surface area (Å²) in [4.78, 5) is 25.0. The molecule has 0 spiro atoms. The first-order valence-electron chi connectivity index (χ1n) is 10.1. The number of esters is 1. The molecule has 1 heterocycles. The van der Waals surface area contributed by atoms with E-state index >= 15 is 0 Å². The molecule has 0 fully saturated rings. The fourth-order valence-corrected chi connectivity index (χ4v) is 3.55. The summed E-state index contributed by atoms with van der Waals surface area (Å²) in [6.07, 6.45) is -0.898. The maximum Gasteiger partial charge on any atom is 0.338 e. The topological polar surface area (TPSA) is 82.7 Å². The van der Waals surface area contributed by atoms with Gasteiger partial charge < -0.3 is 14.6 Å². The average molecular weight is 412 g/mol. The van der Waals surface area contributed by atoms with Crippen LogP contribution in [0.1, 0.15) is 35.3 Å². The number of carbonyl (C=O) groups excluding carboxylic acids is 1. The number of hydrogen-bond donors (Lipinski definition) is 1. The van der Waals surface area contributed by atoms with Crippen LogP contribution in [0.15, 0.2) is 41.2 Å². The Kier molecular flexibility index (Phi) is 6.62. The Bertz CT molecular complexity index is 1110. The van der Waals surface area contributed by atoms with E-state index in [0.717, 1.165) is 11.1 Å². The lowest BCUT2D eigenvalue weighted by Gasteiger charge is -2.15. The van der Waals surface area contributed by atoms with Crippen LogP contribution >= 0.6 is 0 Å². The van der Waals surface area contributed by atoms with Gasteiger partial charge in [0.15, 0.2) is 0 Å². The van der Waals surface area contributed by atoms with Gasteiger partial charge in [-0.1, -0.05) is 17.7 Å². The van der Waals surface area contributed by atoms with Gasteiger partial charge in [0.1, 0.15) is 18.5 Å². The van der Waals surface area contributed by atoms with Crippen molar-refractivity contribution in [3.8, 4) is 5.75 Å². The van der Waals surface area contributed by atoms with Crippen LogP contribution in [0.5, 0.6) is 5.75 Å². The van der Waals surface area contributed by atoms with Crippen LogP contribution in [0.4, 0.5) is 0 Å². The molecule has 0 saturated carbocycles. The monoisotopic (exact) mass is 412 g/mol.